The molecule has 1 aromatic rings. The maximum atomic E-state index is 11.8. The molecule has 2 rings (SSSR count). The summed E-state index contributed by atoms with van der Waals surface area (Å²) in [5, 5.41) is 10.3. The van der Waals surface area contributed by atoms with Gasteiger partial charge in [0.1, 0.15) is 0 Å². The Hall–Kier alpha value is -1.16. The largest absolute Gasteiger partial charge is 0.349 e. The minimum absolute atomic E-state index is 0.0862. The average Bonchev–Trinajstić information content (AvgIpc) is 2.77. The van der Waals surface area contributed by atoms with Crippen LogP contribution in [0.5, 0.6) is 0 Å². The van der Waals surface area contributed by atoms with E-state index in [1.807, 2.05) is 0 Å². The summed E-state index contributed by atoms with van der Waals surface area (Å²) in [4.78, 5) is 11.8. The zero-order chi connectivity index (χ0) is 11.4. The van der Waals surface area contributed by atoms with Crippen LogP contribution in [0.4, 0.5) is 0 Å². The first-order valence-electron chi connectivity index (χ1n) is 5.45. The van der Waals surface area contributed by atoms with Crippen molar-refractivity contribution in [2.45, 2.75) is 25.3 Å². The van der Waals surface area contributed by atoms with Crippen molar-refractivity contribution >= 4 is 17.5 Å². The first-order valence-corrected chi connectivity index (χ1v) is 5.98. The lowest BCUT2D eigenvalue weighted by atomic mass is 10.1. The van der Waals surface area contributed by atoms with Crippen LogP contribution in [0.15, 0.2) is 18.5 Å². The molecule has 1 N–H and O–H groups in total. The number of carbonyl (C=O) groups is 1. The van der Waals surface area contributed by atoms with Crippen molar-refractivity contribution in [3.8, 4) is 0 Å². The fourth-order valence-corrected chi connectivity index (χ4v) is 2.46. The topological polar surface area (TPSA) is 54.9 Å². The molecule has 0 spiro atoms. The SMILES string of the molecule is O=C(NC1CCCC1CCl)c1ccnnc1. The average molecular weight is 240 g/mol. The molecule has 1 aromatic heterocycles. The molecule has 0 bridgehead atoms. The van der Waals surface area contributed by atoms with Crippen LogP contribution < -0.4 is 5.32 Å². The van der Waals surface area contributed by atoms with Crippen LogP contribution >= 0.6 is 11.6 Å². The zero-order valence-corrected chi connectivity index (χ0v) is 9.65. The molecule has 1 aliphatic rings. The zero-order valence-electron chi connectivity index (χ0n) is 8.90. The Morgan fingerprint density at radius 3 is 3.06 bits per heavy atom. The normalized spacial score (nSPS) is 24.3. The molecule has 2 atom stereocenters. The van der Waals surface area contributed by atoms with E-state index in [4.69, 9.17) is 11.6 Å². The van der Waals surface area contributed by atoms with E-state index in [0.29, 0.717) is 17.4 Å². The summed E-state index contributed by atoms with van der Waals surface area (Å²) in [5.74, 6) is 0.928. The monoisotopic (exact) mass is 239 g/mol. The Bertz CT molecular complexity index is 358. The second-order valence-electron chi connectivity index (χ2n) is 4.06. The Kier molecular flexibility index (Phi) is 3.72. The van der Waals surface area contributed by atoms with E-state index in [1.54, 1.807) is 6.07 Å². The van der Waals surface area contributed by atoms with Gasteiger partial charge in [0.05, 0.1) is 18.0 Å². The van der Waals surface area contributed by atoms with Gasteiger partial charge in [0.15, 0.2) is 0 Å². The Morgan fingerprint density at radius 1 is 1.50 bits per heavy atom. The predicted molar refractivity (Wildman–Crippen MR) is 61.3 cm³/mol. The summed E-state index contributed by atoms with van der Waals surface area (Å²) in [6.07, 6.45) is 6.24. The molecule has 0 aliphatic heterocycles. The van der Waals surface area contributed by atoms with E-state index in [1.165, 1.54) is 12.4 Å². The number of aromatic nitrogens is 2. The highest BCUT2D eigenvalue weighted by Gasteiger charge is 2.27. The molecule has 86 valence electrons. The van der Waals surface area contributed by atoms with Gasteiger partial charge in [-0.3, -0.25) is 4.79 Å². The molecule has 1 heterocycles. The van der Waals surface area contributed by atoms with Crippen molar-refractivity contribution in [3.63, 3.8) is 0 Å². The van der Waals surface area contributed by atoms with Crippen molar-refractivity contribution < 1.29 is 4.79 Å². The minimum Gasteiger partial charge on any atom is -0.349 e. The van der Waals surface area contributed by atoms with Crippen molar-refractivity contribution in [2.24, 2.45) is 5.92 Å². The number of carbonyl (C=O) groups excluding carboxylic acids is 1. The van der Waals surface area contributed by atoms with E-state index < -0.39 is 0 Å². The van der Waals surface area contributed by atoms with Crippen LogP contribution in [0.25, 0.3) is 0 Å². The quantitative estimate of drug-likeness (QED) is 0.816. The minimum atomic E-state index is -0.0862. The number of rotatable bonds is 3. The Morgan fingerprint density at radius 2 is 2.38 bits per heavy atom. The first-order chi connectivity index (χ1) is 7.81. The van der Waals surface area contributed by atoms with E-state index >= 15 is 0 Å². The summed E-state index contributed by atoms with van der Waals surface area (Å²) in [6, 6.07) is 1.87. The van der Waals surface area contributed by atoms with Crippen LogP contribution in [-0.2, 0) is 0 Å². The highest BCUT2D eigenvalue weighted by atomic mass is 35.5. The van der Waals surface area contributed by atoms with Crippen molar-refractivity contribution in [1.82, 2.24) is 15.5 Å². The smallest absolute Gasteiger partial charge is 0.253 e. The lowest BCUT2D eigenvalue weighted by molar-refractivity contribution is 0.0929. The van der Waals surface area contributed by atoms with Crippen molar-refractivity contribution in [2.75, 3.05) is 5.88 Å². The van der Waals surface area contributed by atoms with Gasteiger partial charge in [0.2, 0.25) is 0 Å². The Labute approximate surface area is 99.4 Å². The van der Waals surface area contributed by atoms with Gasteiger partial charge in [-0.2, -0.15) is 10.2 Å². The molecule has 4 nitrogen and oxygen atoms in total. The van der Waals surface area contributed by atoms with Gasteiger partial charge < -0.3 is 5.32 Å². The fourth-order valence-electron chi connectivity index (χ4n) is 2.09. The number of halogens is 1. The summed E-state index contributed by atoms with van der Waals surface area (Å²) >= 11 is 5.86. The molecule has 0 radical (unpaired) electrons. The standard InChI is InChI=1S/C11H14ClN3O/c12-6-8-2-1-3-10(8)15-11(16)9-4-5-13-14-7-9/h4-5,7-8,10H,1-3,6H2,(H,15,16). The third-order valence-corrected chi connectivity index (χ3v) is 3.42. The van der Waals surface area contributed by atoms with E-state index in [2.05, 4.69) is 15.5 Å². The second-order valence-corrected chi connectivity index (χ2v) is 4.36. The van der Waals surface area contributed by atoms with E-state index in [-0.39, 0.29) is 11.9 Å². The molecule has 1 fully saturated rings. The lowest BCUT2D eigenvalue weighted by Crippen LogP contribution is -2.38. The van der Waals surface area contributed by atoms with Gasteiger partial charge >= 0.3 is 0 Å². The van der Waals surface area contributed by atoms with E-state index in [0.717, 1.165) is 19.3 Å². The lowest BCUT2D eigenvalue weighted by Gasteiger charge is -2.18. The molecule has 16 heavy (non-hydrogen) atoms. The number of hydrogen-bond donors (Lipinski definition) is 1. The third-order valence-electron chi connectivity index (χ3n) is 3.02. The first kappa shape index (κ1) is 11.3. The summed E-state index contributed by atoms with van der Waals surface area (Å²) < 4.78 is 0. The molecule has 2 unspecified atom stereocenters. The van der Waals surface area contributed by atoms with Crippen LogP contribution in [0.3, 0.4) is 0 Å². The van der Waals surface area contributed by atoms with Gasteiger partial charge in [-0.05, 0) is 24.8 Å². The molecule has 0 aromatic carbocycles. The van der Waals surface area contributed by atoms with Crippen molar-refractivity contribution in [3.05, 3.63) is 24.0 Å². The number of nitrogens with one attached hydrogen (secondary N) is 1. The predicted octanol–water partition coefficient (Wildman–Crippen LogP) is 1.61. The summed E-state index contributed by atoms with van der Waals surface area (Å²) in [5.41, 5.74) is 0.551. The molecular formula is C11H14ClN3O. The molecule has 5 heteroatoms. The fraction of sp³-hybridized carbons (Fsp3) is 0.545. The number of nitrogens with zero attached hydrogens (tertiary/aromatic N) is 2. The van der Waals surface area contributed by atoms with Gasteiger partial charge in [0, 0.05) is 11.9 Å². The third kappa shape index (κ3) is 2.50. The Balaban J connectivity index is 1.97. The van der Waals surface area contributed by atoms with Crippen LogP contribution in [-0.4, -0.2) is 28.0 Å². The molecular weight excluding hydrogens is 226 g/mol. The highest BCUT2D eigenvalue weighted by Crippen LogP contribution is 2.26. The van der Waals surface area contributed by atoms with Crippen LogP contribution in [0.1, 0.15) is 29.6 Å². The molecule has 1 saturated carbocycles. The highest BCUT2D eigenvalue weighted by molar-refractivity contribution is 6.18. The maximum absolute atomic E-state index is 11.8. The summed E-state index contributed by atoms with van der Waals surface area (Å²) in [6.45, 7) is 0. The second kappa shape index (κ2) is 5.25. The molecule has 1 amide bonds. The number of alkyl halides is 1. The number of hydrogen-bond acceptors (Lipinski definition) is 3. The van der Waals surface area contributed by atoms with E-state index in [9.17, 15) is 4.79 Å². The van der Waals surface area contributed by atoms with Crippen molar-refractivity contribution in [1.29, 1.82) is 0 Å². The van der Waals surface area contributed by atoms with Gasteiger partial charge in [0.25, 0.3) is 5.91 Å². The van der Waals surface area contributed by atoms with Crippen LogP contribution in [0, 0.1) is 5.92 Å². The van der Waals surface area contributed by atoms with Crippen LogP contribution in [0.2, 0.25) is 0 Å². The number of amides is 1. The van der Waals surface area contributed by atoms with Gasteiger partial charge in [-0.1, -0.05) is 6.42 Å². The molecule has 0 saturated heterocycles. The van der Waals surface area contributed by atoms with Gasteiger partial charge in [-0.25, -0.2) is 0 Å². The summed E-state index contributed by atoms with van der Waals surface area (Å²) in [7, 11) is 0. The maximum Gasteiger partial charge on any atom is 0.253 e. The molecule has 1 aliphatic carbocycles. The van der Waals surface area contributed by atoms with Gasteiger partial charge in [-0.15, -0.1) is 11.6 Å².